The predicted octanol–water partition coefficient (Wildman–Crippen LogP) is 0.971. The molecule has 1 N–H and O–H groups in total. The van der Waals surface area contributed by atoms with Crippen molar-refractivity contribution in [2.75, 3.05) is 13.1 Å². The van der Waals surface area contributed by atoms with Crippen LogP contribution < -0.4 is 0 Å². The summed E-state index contributed by atoms with van der Waals surface area (Å²) in [5.41, 5.74) is 0. The summed E-state index contributed by atoms with van der Waals surface area (Å²) in [6.07, 6.45) is 2.85. The van der Waals surface area contributed by atoms with Crippen molar-refractivity contribution in [3.05, 3.63) is 18.0 Å². The van der Waals surface area contributed by atoms with E-state index in [0.29, 0.717) is 0 Å². The minimum Gasteiger partial charge on any atom is -0.481 e. The molecular weight excluding hydrogens is 196 g/mol. The molecule has 0 radical (unpaired) electrons. The van der Waals surface area contributed by atoms with Crippen molar-refractivity contribution in [3.8, 4) is 0 Å². The zero-order chi connectivity index (χ0) is 10.7. The molecule has 0 spiro atoms. The monoisotopic (exact) mass is 210 g/mol. The molecule has 5 nitrogen and oxygen atoms in total. The highest BCUT2D eigenvalue weighted by Crippen LogP contribution is 2.21. The average Bonchev–Trinajstić information content (AvgIpc) is 2.77. The van der Waals surface area contributed by atoms with E-state index in [-0.39, 0.29) is 12.3 Å². The number of hydrogen-bond donors (Lipinski definition) is 1. The van der Waals surface area contributed by atoms with Gasteiger partial charge in [-0.15, -0.1) is 0 Å². The van der Waals surface area contributed by atoms with Gasteiger partial charge in [-0.3, -0.25) is 9.69 Å². The van der Waals surface area contributed by atoms with E-state index < -0.39 is 5.97 Å². The molecule has 0 bridgehead atoms. The first-order chi connectivity index (χ1) is 7.24. The number of carboxylic acids is 1. The standard InChI is InChI=1S/C10H14N2O3/c13-10(14)5-8-2-4-12(6-8)7-9-1-3-11-15-9/h1,3,8H,2,4-7H2,(H,13,14). The summed E-state index contributed by atoms with van der Waals surface area (Å²) in [7, 11) is 0. The fraction of sp³-hybridized carbons (Fsp3) is 0.600. The van der Waals surface area contributed by atoms with Gasteiger partial charge in [0.25, 0.3) is 0 Å². The van der Waals surface area contributed by atoms with Crippen LogP contribution in [0.4, 0.5) is 0 Å². The van der Waals surface area contributed by atoms with Gasteiger partial charge in [0.15, 0.2) is 5.76 Å². The van der Waals surface area contributed by atoms with Gasteiger partial charge in [-0.25, -0.2) is 0 Å². The molecule has 1 saturated heterocycles. The second kappa shape index (κ2) is 4.44. The lowest BCUT2D eigenvalue weighted by molar-refractivity contribution is -0.138. The molecule has 1 atom stereocenters. The Bertz CT molecular complexity index is 323. The highest BCUT2D eigenvalue weighted by molar-refractivity contribution is 5.67. The number of hydrogen-bond acceptors (Lipinski definition) is 4. The van der Waals surface area contributed by atoms with E-state index in [9.17, 15) is 4.79 Å². The molecule has 5 heteroatoms. The van der Waals surface area contributed by atoms with Crippen LogP contribution in [0.1, 0.15) is 18.6 Å². The topological polar surface area (TPSA) is 66.6 Å². The summed E-state index contributed by atoms with van der Waals surface area (Å²) in [6.45, 7) is 2.52. The lowest BCUT2D eigenvalue weighted by Gasteiger charge is -2.12. The average molecular weight is 210 g/mol. The first-order valence-corrected chi connectivity index (χ1v) is 5.08. The second-order valence-electron chi connectivity index (χ2n) is 3.97. The molecule has 2 rings (SSSR count). The van der Waals surface area contributed by atoms with E-state index in [4.69, 9.17) is 9.63 Å². The van der Waals surface area contributed by atoms with E-state index in [1.165, 1.54) is 0 Å². The van der Waals surface area contributed by atoms with Crippen molar-refractivity contribution in [1.82, 2.24) is 10.1 Å². The Morgan fingerprint density at radius 1 is 1.73 bits per heavy atom. The maximum Gasteiger partial charge on any atom is 0.303 e. The number of likely N-dealkylation sites (tertiary alicyclic amines) is 1. The number of carbonyl (C=O) groups is 1. The molecule has 1 aliphatic rings. The van der Waals surface area contributed by atoms with Crippen LogP contribution in [-0.4, -0.2) is 34.2 Å². The van der Waals surface area contributed by atoms with E-state index in [1.54, 1.807) is 6.20 Å². The molecule has 82 valence electrons. The normalized spacial score (nSPS) is 22.0. The predicted molar refractivity (Wildman–Crippen MR) is 52.1 cm³/mol. The van der Waals surface area contributed by atoms with Crippen molar-refractivity contribution in [2.45, 2.75) is 19.4 Å². The Hall–Kier alpha value is -1.36. The molecular formula is C10H14N2O3. The number of aliphatic carboxylic acids is 1. The number of rotatable bonds is 4. The number of carboxylic acid groups (broad SMARTS) is 1. The van der Waals surface area contributed by atoms with Crippen LogP contribution in [0.2, 0.25) is 0 Å². The van der Waals surface area contributed by atoms with Crippen molar-refractivity contribution in [3.63, 3.8) is 0 Å². The Kier molecular flexibility index (Phi) is 3.01. The quantitative estimate of drug-likeness (QED) is 0.802. The van der Waals surface area contributed by atoms with Crippen LogP contribution in [0, 0.1) is 5.92 Å². The molecule has 0 aromatic carbocycles. The van der Waals surface area contributed by atoms with E-state index in [2.05, 4.69) is 10.1 Å². The molecule has 0 aliphatic carbocycles. The molecule has 0 saturated carbocycles. The molecule has 1 fully saturated rings. The van der Waals surface area contributed by atoms with Gasteiger partial charge in [0.2, 0.25) is 0 Å². The highest BCUT2D eigenvalue weighted by atomic mass is 16.5. The Labute approximate surface area is 87.7 Å². The first kappa shape index (κ1) is 10.2. The second-order valence-corrected chi connectivity index (χ2v) is 3.97. The Morgan fingerprint density at radius 3 is 3.27 bits per heavy atom. The summed E-state index contributed by atoms with van der Waals surface area (Å²) in [4.78, 5) is 12.7. The van der Waals surface area contributed by atoms with Crippen LogP contribution in [0.5, 0.6) is 0 Å². The fourth-order valence-electron chi connectivity index (χ4n) is 2.01. The SMILES string of the molecule is O=C(O)CC1CCN(Cc2ccno2)C1. The third kappa shape index (κ3) is 2.79. The molecule has 1 aromatic heterocycles. The third-order valence-electron chi connectivity index (χ3n) is 2.70. The zero-order valence-electron chi connectivity index (χ0n) is 8.43. The number of nitrogens with zero attached hydrogens (tertiary/aromatic N) is 2. The smallest absolute Gasteiger partial charge is 0.303 e. The zero-order valence-corrected chi connectivity index (χ0v) is 8.43. The molecule has 2 heterocycles. The van der Waals surface area contributed by atoms with Crippen molar-refractivity contribution in [2.24, 2.45) is 5.92 Å². The van der Waals surface area contributed by atoms with Gasteiger partial charge in [0.05, 0.1) is 12.7 Å². The van der Waals surface area contributed by atoms with Gasteiger partial charge in [0.1, 0.15) is 0 Å². The van der Waals surface area contributed by atoms with Crippen LogP contribution in [-0.2, 0) is 11.3 Å². The maximum absolute atomic E-state index is 10.5. The van der Waals surface area contributed by atoms with Gasteiger partial charge in [-0.2, -0.15) is 0 Å². The third-order valence-corrected chi connectivity index (χ3v) is 2.70. The fourth-order valence-corrected chi connectivity index (χ4v) is 2.01. The Morgan fingerprint density at radius 2 is 2.60 bits per heavy atom. The molecule has 0 amide bonds. The summed E-state index contributed by atoms with van der Waals surface area (Å²) >= 11 is 0. The highest BCUT2D eigenvalue weighted by Gasteiger charge is 2.24. The van der Waals surface area contributed by atoms with Gasteiger partial charge >= 0.3 is 5.97 Å². The summed E-state index contributed by atoms with van der Waals surface area (Å²) < 4.78 is 5.00. The van der Waals surface area contributed by atoms with Gasteiger partial charge < -0.3 is 9.63 Å². The van der Waals surface area contributed by atoms with E-state index in [0.717, 1.165) is 31.8 Å². The maximum atomic E-state index is 10.5. The minimum absolute atomic E-state index is 0.271. The van der Waals surface area contributed by atoms with Crippen molar-refractivity contribution < 1.29 is 14.4 Å². The minimum atomic E-state index is -0.707. The van der Waals surface area contributed by atoms with Crippen LogP contribution in [0.15, 0.2) is 16.8 Å². The van der Waals surface area contributed by atoms with Gasteiger partial charge in [0, 0.05) is 19.0 Å². The lowest BCUT2D eigenvalue weighted by atomic mass is 10.1. The van der Waals surface area contributed by atoms with Gasteiger partial charge in [-0.05, 0) is 18.9 Å². The molecule has 1 unspecified atom stereocenters. The lowest BCUT2D eigenvalue weighted by Crippen LogP contribution is -2.20. The summed E-state index contributed by atoms with van der Waals surface area (Å²) in [6, 6.07) is 1.84. The van der Waals surface area contributed by atoms with Crippen molar-refractivity contribution >= 4 is 5.97 Å². The van der Waals surface area contributed by atoms with E-state index >= 15 is 0 Å². The first-order valence-electron chi connectivity index (χ1n) is 5.08. The summed E-state index contributed by atoms with van der Waals surface area (Å²) in [5, 5.41) is 12.3. The largest absolute Gasteiger partial charge is 0.481 e. The van der Waals surface area contributed by atoms with Crippen LogP contribution >= 0.6 is 0 Å². The molecule has 15 heavy (non-hydrogen) atoms. The number of aromatic nitrogens is 1. The molecule has 1 aromatic rings. The van der Waals surface area contributed by atoms with Crippen LogP contribution in [0.3, 0.4) is 0 Å². The summed E-state index contributed by atoms with van der Waals surface area (Å²) in [5.74, 6) is 0.415. The molecule has 1 aliphatic heterocycles. The van der Waals surface area contributed by atoms with Crippen molar-refractivity contribution in [1.29, 1.82) is 0 Å². The van der Waals surface area contributed by atoms with Gasteiger partial charge in [-0.1, -0.05) is 5.16 Å². The van der Waals surface area contributed by atoms with E-state index in [1.807, 2.05) is 6.07 Å². The Balaban J connectivity index is 1.80. The van der Waals surface area contributed by atoms with Crippen LogP contribution in [0.25, 0.3) is 0 Å².